The first-order chi connectivity index (χ1) is 11.5. The van der Waals surface area contributed by atoms with Gasteiger partial charge in [0.05, 0.1) is 29.2 Å². The van der Waals surface area contributed by atoms with Crippen LogP contribution < -0.4 is 5.32 Å². The van der Waals surface area contributed by atoms with Crippen LogP contribution in [0.1, 0.15) is 37.8 Å². The number of rotatable bonds is 4. The van der Waals surface area contributed by atoms with Gasteiger partial charge < -0.3 is 10.1 Å². The Morgan fingerprint density at radius 1 is 1.33 bits per heavy atom. The fraction of sp³-hybridized carbons (Fsp3) is 0.750. The Morgan fingerprint density at radius 3 is 2.88 bits per heavy atom. The minimum atomic E-state index is -3.12. The monoisotopic (exact) mass is 352 g/mol. The zero-order chi connectivity index (χ0) is 16.8. The molecule has 3 heterocycles. The molecule has 0 bridgehead atoms. The van der Waals surface area contributed by atoms with Gasteiger partial charge in [0, 0.05) is 19.5 Å². The highest BCUT2D eigenvalue weighted by Crippen LogP contribution is 2.39. The smallest absolute Gasteiger partial charge is 0.217 e. The van der Waals surface area contributed by atoms with Crippen LogP contribution in [-0.4, -0.2) is 59.5 Å². The highest BCUT2D eigenvalue weighted by Gasteiger charge is 2.49. The number of nitrogens with one attached hydrogen (secondary N) is 1. The highest BCUT2D eigenvalue weighted by atomic mass is 32.2. The highest BCUT2D eigenvalue weighted by molar-refractivity contribution is 7.90. The lowest BCUT2D eigenvalue weighted by molar-refractivity contribution is -0.0329. The Hall–Kier alpha value is -1.25. The van der Waals surface area contributed by atoms with Crippen LogP contribution in [0.4, 0.5) is 5.82 Å². The molecule has 0 aromatic carbocycles. The van der Waals surface area contributed by atoms with Gasteiger partial charge in [0.25, 0.3) is 0 Å². The largest absolute Gasteiger partial charge is 0.371 e. The minimum Gasteiger partial charge on any atom is -0.371 e. The maximum Gasteiger partial charge on any atom is 0.217 e. The van der Waals surface area contributed by atoms with E-state index >= 15 is 0 Å². The lowest BCUT2D eigenvalue weighted by atomic mass is 9.90. The predicted octanol–water partition coefficient (Wildman–Crippen LogP) is 1.31. The van der Waals surface area contributed by atoms with Gasteiger partial charge in [-0.15, -0.1) is 5.10 Å². The van der Waals surface area contributed by atoms with Crippen LogP contribution in [0.15, 0.2) is 12.1 Å². The van der Waals surface area contributed by atoms with Crippen molar-refractivity contribution < 1.29 is 13.2 Å². The molecule has 1 aromatic heterocycles. The average Bonchev–Trinajstić information content (AvgIpc) is 3.36. The zero-order valence-electron chi connectivity index (χ0n) is 13.9. The van der Waals surface area contributed by atoms with Crippen LogP contribution >= 0.6 is 0 Å². The number of sulfonamides is 1. The van der Waals surface area contributed by atoms with Crippen molar-refractivity contribution in [3.8, 4) is 0 Å². The van der Waals surface area contributed by atoms with Crippen molar-refractivity contribution in [1.29, 1.82) is 0 Å². The maximum absolute atomic E-state index is 12.5. The van der Waals surface area contributed by atoms with Gasteiger partial charge in [0.2, 0.25) is 10.0 Å². The third kappa shape index (κ3) is 3.14. The van der Waals surface area contributed by atoms with E-state index in [0.717, 1.165) is 43.6 Å². The Morgan fingerprint density at radius 2 is 2.17 bits per heavy atom. The number of nitrogens with zero attached hydrogens (tertiary/aromatic N) is 3. The summed E-state index contributed by atoms with van der Waals surface area (Å²) in [5.41, 5.74) is 0.531. The Kier molecular flexibility index (Phi) is 4.01. The van der Waals surface area contributed by atoms with E-state index in [1.165, 1.54) is 0 Å². The Bertz CT molecular complexity index is 705. The summed E-state index contributed by atoms with van der Waals surface area (Å²) >= 11 is 0. The number of hydrogen-bond acceptors (Lipinski definition) is 6. The maximum atomic E-state index is 12.5. The fourth-order valence-corrected chi connectivity index (χ4v) is 5.71. The van der Waals surface area contributed by atoms with E-state index in [4.69, 9.17) is 4.74 Å². The molecular weight excluding hydrogens is 328 g/mol. The number of piperidine rings is 1. The van der Waals surface area contributed by atoms with E-state index in [1.807, 2.05) is 19.1 Å². The Balaban J connectivity index is 1.42. The SMILES string of the molecule is Cc1ccc(N[C@H]2CO[C@]3(CCCN(S(=O)(=O)C4CC4)C3)C2)nn1. The summed E-state index contributed by atoms with van der Waals surface area (Å²) in [6.07, 6.45) is 4.20. The molecule has 24 heavy (non-hydrogen) atoms. The molecule has 3 aliphatic rings. The zero-order valence-corrected chi connectivity index (χ0v) is 14.8. The number of anilines is 1. The first-order valence-corrected chi connectivity index (χ1v) is 10.2. The average molecular weight is 352 g/mol. The standard InChI is InChI=1S/C16H24N4O3S/c1-12-3-6-15(19-18-12)17-13-9-16(23-10-13)7-2-8-20(11-16)24(21,22)14-4-5-14/h3,6,13-14H,2,4-5,7-11H2,1H3,(H,17,19)/t13-,16-/m1/s1. The lowest BCUT2D eigenvalue weighted by Crippen LogP contribution is -2.51. The van der Waals surface area contributed by atoms with Crippen molar-refractivity contribution in [3.63, 3.8) is 0 Å². The third-order valence-corrected chi connectivity index (χ3v) is 7.51. The topological polar surface area (TPSA) is 84.4 Å². The molecule has 2 saturated heterocycles. The molecule has 132 valence electrons. The van der Waals surface area contributed by atoms with E-state index < -0.39 is 10.0 Å². The second kappa shape index (κ2) is 5.93. The molecule has 1 aromatic rings. The first kappa shape index (κ1) is 16.2. The molecule has 7 nitrogen and oxygen atoms in total. The van der Waals surface area contributed by atoms with Gasteiger partial charge in [-0.05, 0) is 44.7 Å². The second-order valence-electron chi connectivity index (χ2n) is 7.28. The predicted molar refractivity (Wildman–Crippen MR) is 90.2 cm³/mol. The van der Waals surface area contributed by atoms with Crippen LogP contribution in [0, 0.1) is 6.92 Å². The quantitative estimate of drug-likeness (QED) is 0.880. The summed E-state index contributed by atoms with van der Waals surface area (Å²) in [5.74, 6) is 0.740. The van der Waals surface area contributed by atoms with Gasteiger partial charge >= 0.3 is 0 Å². The summed E-state index contributed by atoms with van der Waals surface area (Å²) in [4.78, 5) is 0. The van der Waals surface area contributed by atoms with E-state index in [2.05, 4.69) is 15.5 Å². The molecule has 0 amide bonds. The van der Waals surface area contributed by atoms with E-state index in [1.54, 1.807) is 4.31 Å². The van der Waals surface area contributed by atoms with Crippen molar-refractivity contribution in [3.05, 3.63) is 17.8 Å². The summed E-state index contributed by atoms with van der Waals surface area (Å²) < 4.78 is 32.8. The molecular formula is C16H24N4O3S. The van der Waals surface area contributed by atoms with Gasteiger partial charge in [-0.1, -0.05) is 0 Å². The van der Waals surface area contributed by atoms with Crippen molar-refractivity contribution in [2.45, 2.75) is 55.9 Å². The van der Waals surface area contributed by atoms with Crippen LogP contribution in [-0.2, 0) is 14.8 Å². The van der Waals surface area contributed by atoms with Gasteiger partial charge in [0.15, 0.2) is 0 Å². The summed E-state index contributed by atoms with van der Waals surface area (Å²) in [5, 5.41) is 11.4. The van der Waals surface area contributed by atoms with Crippen molar-refractivity contribution in [2.75, 3.05) is 25.0 Å². The van der Waals surface area contributed by atoms with Gasteiger partial charge in [-0.3, -0.25) is 0 Å². The van der Waals surface area contributed by atoms with Gasteiger partial charge in [0.1, 0.15) is 5.82 Å². The molecule has 1 aliphatic carbocycles. The van der Waals surface area contributed by atoms with Crippen molar-refractivity contribution in [1.82, 2.24) is 14.5 Å². The summed E-state index contributed by atoms with van der Waals surface area (Å²) in [7, 11) is -3.12. The number of aryl methyl sites for hydroxylation is 1. The first-order valence-electron chi connectivity index (χ1n) is 8.67. The summed E-state index contributed by atoms with van der Waals surface area (Å²) in [6.45, 7) is 3.60. The lowest BCUT2D eigenvalue weighted by Gasteiger charge is -2.39. The minimum absolute atomic E-state index is 0.144. The van der Waals surface area contributed by atoms with Crippen molar-refractivity contribution in [2.24, 2.45) is 0 Å². The molecule has 1 saturated carbocycles. The Labute approximate surface area is 142 Å². The van der Waals surface area contributed by atoms with E-state index in [9.17, 15) is 8.42 Å². The molecule has 1 spiro atoms. The van der Waals surface area contributed by atoms with E-state index in [-0.39, 0.29) is 16.9 Å². The molecule has 4 rings (SSSR count). The molecule has 8 heteroatoms. The fourth-order valence-electron chi connectivity index (χ4n) is 3.76. The third-order valence-electron chi connectivity index (χ3n) is 5.17. The molecule has 1 N–H and O–H groups in total. The molecule has 0 radical (unpaired) electrons. The number of hydrogen-bond donors (Lipinski definition) is 1. The van der Waals surface area contributed by atoms with Gasteiger partial charge in [-0.2, -0.15) is 9.40 Å². The molecule has 2 atom stereocenters. The van der Waals surface area contributed by atoms with Crippen LogP contribution in [0.5, 0.6) is 0 Å². The second-order valence-corrected chi connectivity index (χ2v) is 9.49. The van der Waals surface area contributed by atoms with Crippen LogP contribution in [0.3, 0.4) is 0 Å². The number of ether oxygens (including phenoxy) is 1. The normalized spacial score (nSPS) is 31.5. The number of aromatic nitrogens is 2. The molecule has 3 fully saturated rings. The van der Waals surface area contributed by atoms with Crippen LogP contribution in [0.25, 0.3) is 0 Å². The summed E-state index contributed by atoms with van der Waals surface area (Å²) in [6, 6.07) is 3.98. The molecule has 0 unspecified atom stereocenters. The van der Waals surface area contributed by atoms with Crippen LogP contribution in [0.2, 0.25) is 0 Å². The van der Waals surface area contributed by atoms with Crippen molar-refractivity contribution >= 4 is 15.8 Å². The molecule has 2 aliphatic heterocycles. The van der Waals surface area contributed by atoms with E-state index in [0.29, 0.717) is 19.7 Å². The van der Waals surface area contributed by atoms with Gasteiger partial charge in [-0.25, -0.2) is 8.42 Å².